The maximum atomic E-state index is 13.1. The van der Waals surface area contributed by atoms with Gasteiger partial charge in [0.1, 0.15) is 5.82 Å². The van der Waals surface area contributed by atoms with Crippen LogP contribution in [-0.2, 0) is 13.5 Å². The molecule has 1 N–H and O–H groups in total. The van der Waals surface area contributed by atoms with E-state index in [1.807, 2.05) is 18.7 Å². The molecule has 0 fully saturated rings. The molecule has 0 aliphatic rings. The van der Waals surface area contributed by atoms with Gasteiger partial charge in [-0.15, -0.1) is 0 Å². The average molecular weight is 355 g/mol. The van der Waals surface area contributed by atoms with Crippen molar-refractivity contribution < 1.29 is 4.39 Å². The van der Waals surface area contributed by atoms with Gasteiger partial charge in [-0.25, -0.2) is 4.39 Å². The Labute approximate surface area is 132 Å². The van der Waals surface area contributed by atoms with Crippen molar-refractivity contribution in [3.63, 3.8) is 0 Å². The van der Waals surface area contributed by atoms with Crippen LogP contribution in [0.25, 0.3) is 0 Å². The molecule has 0 saturated carbocycles. The standard InChI is InChI=1S/C15H20BrFN4/c1-4-7-18-13(12-6-5-11(17)9-19-12)8-14-15(16)10(2)20-21(14)3/h5-6,9,13,18H,4,7-8H2,1-3H3. The van der Waals surface area contributed by atoms with Crippen LogP contribution in [0.15, 0.2) is 22.8 Å². The Morgan fingerprint density at radius 3 is 2.71 bits per heavy atom. The summed E-state index contributed by atoms with van der Waals surface area (Å²) in [5.74, 6) is -0.314. The van der Waals surface area contributed by atoms with E-state index in [4.69, 9.17) is 0 Å². The monoisotopic (exact) mass is 354 g/mol. The number of aromatic nitrogens is 3. The van der Waals surface area contributed by atoms with Crippen LogP contribution >= 0.6 is 15.9 Å². The Hall–Kier alpha value is -1.27. The van der Waals surface area contributed by atoms with E-state index >= 15 is 0 Å². The number of nitrogens with one attached hydrogen (secondary N) is 1. The number of hydrogen-bond acceptors (Lipinski definition) is 3. The van der Waals surface area contributed by atoms with E-state index in [0.29, 0.717) is 0 Å². The Kier molecular flexibility index (Phi) is 5.47. The first-order chi connectivity index (χ1) is 10.0. The van der Waals surface area contributed by atoms with E-state index in [-0.39, 0.29) is 11.9 Å². The summed E-state index contributed by atoms with van der Waals surface area (Å²) in [6, 6.07) is 3.23. The minimum Gasteiger partial charge on any atom is -0.308 e. The first kappa shape index (κ1) is 16.1. The zero-order valence-electron chi connectivity index (χ0n) is 12.5. The van der Waals surface area contributed by atoms with Gasteiger partial charge in [0, 0.05) is 13.5 Å². The van der Waals surface area contributed by atoms with Crippen LogP contribution in [0.5, 0.6) is 0 Å². The number of rotatable bonds is 6. The summed E-state index contributed by atoms with van der Waals surface area (Å²) in [5.41, 5.74) is 2.91. The number of halogens is 2. The molecule has 1 unspecified atom stereocenters. The van der Waals surface area contributed by atoms with E-state index in [1.54, 1.807) is 6.07 Å². The van der Waals surface area contributed by atoms with Gasteiger partial charge >= 0.3 is 0 Å². The lowest BCUT2D eigenvalue weighted by Gasteiger charge is -2.18. The van der Waals surface area contributed by atoms with Gasteiger partial charge in [-0.3, -0.25) is 9.67 Å². The first-order valence-electron chi connectivity index (χ1n) is 7.05. The van der Waals surface area contributed by atoms with Gasteiger partial charge in [0.25, 0.3) is 0 Å². The fourth-order valence-electron chi connectivity index (χ4n) is 2.29. The summed E-state index contributed by atoms with van der Waals surface area (Å²) in [4.78, 5) is 4.21. The van der Waals surface area contributed by atoms with Gasteiger partial charge in [-0.2, -0.15) is 5.10 Å². The summed E-state index contributed by atoms with van der Waals surface area (Å²) in [7, 11) is 1.93. The van der Waals surface area contributed by atoms with Gasteiger partial charge in [0.05, 0.1) is 33.8 Å². The van der Waals surface area contributed by atoms with Crippen LogP contribution < -0.4 is 5.32 Å². The number of nitrogens with zero attached hydrogens (tertiary/aromatic N) is 3. The highest BCUT2D eigenvalue weighted by atomic mass is 79.9. The van der Waals surface area contributed by atoms with Crippen molar-refractivity contribution in [1.82, 2.24) is 20.1 Å². The predicted molar refractivity (Wildman–Crippen MR) is 84.6 cm³/mol. The molecule has 4 nitrogen and oxygen atoms in total. The Bertz CT molecular complexity index is 594. The number of hydrogen-bond donors (Lipinski definition) is 1. The van der Waals surface area contributed by atoms with E-state index in [0.717, 1.165) is 40.9 Å². The third-order valence-electron chi connectivity index (χ3n) is 3.41. The highest BCUT2D eigenvalue weighted by Gasteiger charge is 2.19. The quantitative estimate of drug-likeness (QED) is 0.865. The minimum absolute atomic E-state index is 0.0386. The SMILES string of the molecule is CCCNC(Cc1c(Br)c(C)nn1C)c1ccc(F)cn1. The molecule has 0 spiro atoms. The van der Waals surface area contributed by atoms with Gasteiger partial charge in [-0.05, 0) is 48.0 Å². The Balaban J connectivity index is 2.25. The minimum atomic E-state index is -0.314. The van der Waals surface area contributed by atoms with Crippen molar-refractivity contribution in [1.29, 1.82) is 0 Å². The van der Waals surface area contributed by atoms with Crippen molar-refractivity contribution in [3.8, 4) is 0 Å². The maximum Gasteiger partial charge on any atom is 0.141 e. The van der Waals surface area contributed by atoms with Gasteiger partial charge in [0.2, 0.25) is 0 Å². The fourth-order valence-corrected chi connectivity index (χ4v) is 2.79. The lowest BCUT2D eigenvalue weighted by molar-refractivity contribution is 0.498. The molecule has 6 heteroatoms. The first-order valence-corrected chi connectivity index (χ1v) is 7.85. The van der Waals surface area contributed by atoms with E-state index in [1.165, 1.54) is 12.3 Å². The van der Waals surface area contributed by atoms with Crippen molar-refractivity contribution in [3.05, 3.63) is 45.7 Å². The number of pyridine rings is 1. The fraction of sp³-hybridized carbons (Fsp3) is 0.467. The molecule has 0 saturated heterocycles. The van der Waals surface area contributed by atoms with Gasteiger partial charge in [0.15, 0.2) is 0 Å². The summed E-state index contributed by atoms with van der Waals surface area (Å²) >= 11 is 3.59. The van der Waals surface area contributed by atoms with E-state index in [2.05, 4.69) is 38.3 Å². The van der Waals surface area contributed by atoms with Crippen LogP contribution in [0, 0.1) is 12.7 Å². The van der Waals surface area contributed by atoms with E-state index in [9.17, 15) is 4.39 Å². The molecule has 0 aromatic carbocycles. The van der Waals surface area contributed by atoms with Crippen LogP contribution in [0.2, 0.25) is 0 Å². The molecule has 0 aliphatic carbocycles. The molecule has 0 aliphatic heterocycles. The van der Waals surface area contributed by atoms with Crippen LogP contribution in [0.3, 0.4) is 0 Å². The van der Waals surface area contributed by atoms with Crippen LogP contribution in [-0.4, -0.2) is 21.3 Å². The molecule has 2 aromatic rings. The molecule has 114 valence electrons. The third kappa shape index (κ3) is 3.89. The molecule has 2 rings (SSSR count). The van der Waals surface area contributed by atoms with Crippen molar-refractivity contribution in [2.24, 2.45) is 7.05 Å². The third-order valence-corrected chi connectivity index (χ3v) is 4.44. The highest BCUT2D eigenvalue weighted by Crippen LogP contribution is 2.25. The predicted octanol–water partition coefficient (Wildman–Crippen LogP) is 3.31. The Morgan fingerprint density at radius 2 is 2.19 bits per heavy atom. The van der Waals surface area contributed by atoms with Crippen LogP contribution in [0.4, 0.5) is 4.39 Å². The largest absolute Gasteiger partial charge is 0.308 e. The molecule has 0 amide bonds. The molecule has 2 heterocycles. The highest BCUT2D eigenvalue weighted by molar-refractivity contribution is 9.10. The zero-order valence-corrected chi connectivity index (χ0v) is 14.1. The Morgan fingerprint density at radius 1 is 1.43 bits per heavy atom. The summed E-state index contributed by atoms with van der Waals surface area (Å²) in [6.07, 6.45) is 3.04. The van der Waals surface area contributed by atoms with Crippen LogP contribution in [0.1, 0.15) is 36.5 Å². The zero-order chi connectivity index (χ0) is 15.4. The summed E-state index contributed by atoms with van der Waals surface area (Å²) in [6.45, 7) is 4.97. The second-order valence-corrected chi connectivity index (χ2v) is 5.87. The average Bonchev–Trinajstić information content (AvgIpc) is 2.70. The second-order valence-electron chi connectivity index (χ2n) is 5.08. The summed E-state index contributed by atoms with van der Waals surface area (Å²) < 4.78 is 16.0. The van der Waals surface area contributed by atoms with Gasteiger partial charge in [-0.1, -0.05) is 6.92 Å². The normalized spacial score (nSPS) is 12.6. The van der Waals surface area contributed by atoms with Crippen molar-refractivity contribution in [2.45, 2.75) is 32.7 Å². The second kappa shape index (κ2) is 7.13. The lowest BCUT2D eigenvalue weighted by Crippen LogP contribution is -2.26. The summed E-state index contributed by atoms with van der Waals surface area (Å²) in [5, 5.41) is 7.88. The lowest BCUT2D eigenvalue weighted by atomic mass is 10.1. The smallest absolute Gasteiger partial charge is 0.141 e. The maximum absolute atomic E-state index is 13.1. The molecule has 1 atom stereocenters. The molecule has 0 radical (unpaired) electrons. The van der Waals surface area contributed by atoms with Crippen molar-refractivity contribution in [2.75, 3.05) is 6.54 Å². The molecular weight excluding hydrogens is 335 g/mol. The molecular formula is C15H20BrFN4. The molecule has 0 bridgehead atoms. The number of aryl methyl sites for hydroxylation is 2. The molecule has 2 aromatic heterocycles. The van der Waals surface area contributed by atoms with Crippen molar-refractivity contribution >= 4 is 15.9 Å². The van der Waals surface area contributed by atoms with E-state index < -0.39 is 0 Å². The molecule has 21 heavy (non-hydrogen) atoms. The van der Waals surface area contributed by atoms with Gasteiger partial charge < -0.3 is 5.32 Å². The topological polar surface area (TPSA) is 42.7 Å².